The number of carbonyl (C=O) groups excluding carboxylic acids is 1. The molecule has 0 atom stereocenters. The smallest absolute Gasteiger partial charge is 0.342 e. The monoisotopic (exact) mass is 209 g/mol. The van der Waals surface area contributed by atoms with Crippen LogP contribution in [0.4, 0.5) is 5.69 Å². The van der Waals surface area contributed by atoms with E-state index in [1.807, 2.05) is 0 Å². The summed E-state index contributed by atoms with van der Waals surface area (Å²) in [7, 11) is 2.52. The van der Waals surface area contributed by atoms with E-state index in [1.54, 1.807) is 24.3 Å². The Hall–Kier alpha value is -2.11. The van der Waals surface area contributed by atoms with Crippen molar-refractivity contribution in [3.05, 3.63) is 35.0 Å². The minimum Gasteiger partial charge on any atom is -0.696 e. The summed E-state index contributed by atoms with van der Waals surface area (Å²) in [5.74, 6) is -0.484. The number of hydrogen-bond acceptors (Lipinski definition) is 4. The highest BCUT2D eigenvalue weighted by atomic mass is 16.5. The maximum atomic E-state index is 11.3. The quantitative estimate of drug-likeness (QED) is 0.353. The zero-order valence-electron chi connectivity index (χ0n) is 8.43. The Morgan fingerprint density at radius 3 is 2.80 bits per heavy atom. The van der Waals surface area contributed by atoms with Crippen molar-refractivity contribution in [1.29, 1.82) is 0 Å². The molecular weight excluding hydrogens is 198 g/mol. The van der Waals surface area contributed by atoms with Crippen molar-refractivity contribution in [3.8, 4) is 0 Å². The molecule has 0 heterocycles. The molecule has 0 aromatic heterocycles. The fourth-order valence-electron chi connectivity index (χ4n) is 0.993. The molecule has 1 N–H and O–H groups in total. The van der Waals surface area contributed by atoms with Crippen molar-refractivity contribution in [2.24, 2.45) is 5.22 Å². The molecular formula is C9H11N3O3. The van der Waals surface area contributed by atoms with Crippen LogP contribution in [-0.4, -0.2) is 25.0 Å². The standard InChI is InChI=1S/C9H11N3O3/c1-12(14)11-10-8-6-4-3-5-7(8)9(13)15-2/h3-6,10H,1-2H3/b12-11-. The van der Waals surface area contributed by atoms with Crippen LogP contribution in [0, 0.1) is 5.21 Å². The Balaban J connectivity index is 2.96. The molecule has 0 fully saturated rings. The molecule has 0 aliphatic heterocycles. The SMILES string of the molecule is COC(=O)c1ccccc1N/N=[N+](/C)[O-]. The molecule has 0 aliphatic rings. The average Bonchev–Trinajstić information content (AvgIpc) is 2.25. The highest BCUT2D eigenvalue weighted by Gasteiger charge is 2.13. The predicted octanol–water partition coefficient (Wildman–Crippen LogP) is 1.39. The molecule has 0 spiro atoms. The molecule has 0 saturated heterocycles. The number of carbonyl (C=O) groups is 1. The van der Waals surface area contributed by atoms with Gasteiger partial charge in [0.05, 0.1) is 12.3 Å². The summed E-state index contributed by atoms with van der Waals surface area (Å²) in [6.45, 7) is 0. The number of nitrogens with zero attached hydrogens (tertiary/aromatic N) is 2. The molecule has 0 radical (unpaired) electrons. The lowest BCUT2D eigenvalue weighted by Gasteiger charge is -2.02. The molecule has 80 valence electrons. The summed E-state index contributed by atoms with van der Waals surface area (Å²) in [4.78, 5) is 11.6. The van der Waals surface area contributed by atoms with E-state index in [0.717, 1.165) is 0 Å². The first kappa shape index (κ1) is 11.0. The van der Waals surface area contributed by atoms with Crippen LogP contribution >= 0.6 is 0 Å². The van der Waals surface area contributed by atoms with Crippen molar-refractivity contribution >= 4 is 11.7 Å². The van der Waals surface area contributed by atoms with Crippen LogP contribution in [0.25, 0.3) is 0 Å². The normalized spacial score (nSPS) is 10.9. The summed E-state index contributed by atoms with van der Waals surface area (Å²) in [6.07, 6.45) is 0. The lowest BCUT2D eigenvalue weighted by Crippen LogP contribution is -2.06. The maximum absolute atomic E-state index is 11.3. The van der Waals surface area contributed by atoms with Gasteiger partial charge >= 0.3 is 5.97 Å². The number of ether oxygens (including phenoxy) is 1. The third-order valence-corrected chi connectivity index (χ3v) is 1.64. The first-order chi connectivity index (χ1) is 7.15. The third-order valence-electron chi connectivity index (χ3n) is 1.64. The fraction of sp³-hybridized carbons (Fsp3) is 0.222. The van der Waals surface area contributed by atoms with Gasteiger partial charge in [0, 0.05) is 0 Å². The van der Waals surface area contributed by atoms with E-state index in [0.29, 0.717) is 16.1 Å². The van der Waals surface area contributed by atoms with E-state index in [1.165, 1.54) is 14.2 Å². The van der Waals surface area contributed by atoms with E-state index in [2.05, 4.69) is 15.4 Å². The number of methoxy groups -OCH3 is 1. The van der Waals surface area contributed by atoms with Gasteiger partial charge in [0.25, 0.3) is 0 Å². The lowest BCUT2D eigenvalue weighted by molar-refractivity contribution is -0.497. The molecule has 1 aromatic carbocycles. The Morgan fingerprint density at radius 2 is 2.20 bits per heavy atom. The van der Waals surface area contributed by atoms with Gasteiger partial charge in [-0.3, -0.25) is 0 Å². The Labute approximate surface area is 86.7 Å². The third kappa shape index (κ3) is 2.94. The summed E-state index contributed by atoms with van der Waals surface area (Å²) >= 11 is 0. The van der Waals surface area contributed by atoms with Gasteiger partial charge in [-0.1, -0.05) is 12.1 Å². The number of para-hydroxylation sites is 1. The van der Waals surface area contributed by atoms with Crippen molar-refractivity contribution in [2.75, 3.05) is 19.6 Å². The number of anilines is 1. The maximum Gasteiger partial charge on any atom is 0.342 e. The summed E-state index contributed by atoms with van der Waals surface area (Å²) in [5.41, 5.74) is 3.21. The molecule has 15 heavy (non-hydrogen) atoms. The van der Waals surface area contributed by atoms with E-state index in [-0.39, 0.29) is 0 Å². The number of rotatable bonds is 3. The van der Waals surface area contributed by atoms with Crippen LogP contribution < -0.4 is 5.43 Å². The molecule has 0 amide bonds. The van der Waals surface area contributed by atoms with Gasteiger partial charge in [0.2, 0.25) is 0 Å². The second-order valence-electron chi connectivity index (χ2n) is 2.71. The molecule has 0 unspecified atom stereocenters. The molecule has 0 bridgehead atoms. The number of nitrogens with one attached hydrogen (secondary N) is 1. The van der Waals surface area contributed by atoms with Gasteiger partial charge in [-0.05, 0) is 12.1 Å². The second-order valence-corrected chi connectivity index (χ2v) is 2.71. The molecule has 6 nitrogen and oxygen atoms in total. The highest BCUT2D eigenvalue weighted by molar-refractivity contribution is 5.95. The van der Waals surface area contributed by atoms with Gasteiger partial charge in [0.15, 0.2) is 5.69 Å². The Bertz CT molecular complexity index is 386. The summed E-state index contributed by atoms with van der Waals surface area (Å²) in [6, 6.07) is 6.61. The van der Waals surface area contributed by atoms with Crippen LogP contribution in [0.1, 0.15) is 10.4 Å². The van der Waals surface area contributed by atoms with Gasteiger partial charge < -0.3 is 9.94 Å². The minimum atomic E-state index is -0.484. The largest absolute Gasteiger partial charge is 0.696 e. The summed E-state index contributed by atoms with van der Waals surface area (Å²) in [5, 5.41) is 13.9. The van der Waals surface area contributed by atoms with E-state index >= 15 is 0 Å². The number of hydrogen-bond donors (Lipinski definition) is 1. The van der Waals surface area contributed by atoms with Crippen molar-refractivity contribution in [3.63, 3.8) is 0 Å². The van der Waals surface area contributed by atoms with Gasteiger partial charge in [-0.2, -0.15) is 4.86 Å². The van der Waals surface area contributed by atoms with Crippen LogP contribution in [0.2, 0.25) is 0 Å². The zero-order valence-corrected chi connectivity index (χ0v) is 8.43. The predicted molar refractivity (Wildman–Crippen MR) is 53.4 cm³/mol. The molecule has 0 aliphatic carbocycles. The molecule has 0 saturated carbocycles. The summed E-state index contributed by atoms with van der Waals surface area (Å²) < 4.78 is 4.57. The Morgan fingerprint density at radius 1 is 1.53 bits per heavy atom. The first-order valence-electron chi connectivity index (χ1n) is 4.20. The van der Waals surface area contributed by atoms with Crippen molar-refractivity contribution in [1.82, 2.24) is 0 Å². The van der Waals surface area contributed by atoms with Crippen molar-refractivity contribution in [2.45, 2.75) is 0 Å². The zero-order chi connectivity index (χ0) is 11.3. The highest BCUT2D eigenvalue weighted by Crippen LogP contribution is 2.15. The van der Waals surface area contributed by atoms with Gasteiger partial charge in [0.1, 0.15) is 12.6 Å². The topological polar surface area (TPSA) is 76.8 Å². The van der Waals surface area contributed by atoms with E-state index < -0.39 is 5.97 Å². The minimum absolute atomic E-state index is 0.325. The van der Waals surface area contributed by atoms with Crippen LogP contribution in [0.3, 0.4) is 0 Å². The first-order valence-corrected chi connectivity index (χ1v) is 4.20. The molecule has 6 heteroatoms. The number of hydroxylamine groups is 1. The van der Waals surface area contributed by atoms with Crippen molar-refractivity contribution < 1.29 is 14.4 Å². The lowest BCUT2D eigenvalue weighted by atomic mass is 10.2. The van der Waals surface area contributed by atoms with Gasteiger partial charge in [-0.15, -0.1) is 5.43 Å². The fourth-order valence-corrected chi connectivity index (χ4v) is 0.993. The van der Waals surface area contributed by atoms with Crippen LogP contribution in [0.15, 0.2) is 29.5 Å². The van der Waals surface area contributed by atoms with Crippen LogP contribution in [-0.2, 0) is 4.74 Å². The molecule has 1 rings (SSSR count). The van der Waals surface area contributed by atoms with Crippen LogP contribution in [0.5, 0.6) is 0 Å². The Kier molecular flexibility index (Phi) is 3.61. The van der Waals surface area contributed by atoms with E-state index in [9.17, 15) is 10.0 Å². The van der Waals surface area contributed by atoms with E-state index in [4.69, 9.17) is 0 Å². The second kappa shape index (κ2) is 4.94. The molecule has 1 aromatic rings. The average molecular weight is 209 g/mol. The number of esters is 1. The van der Waals surface area contributed by atoms with Gasteiger partial charge in [-0.25, -0.2) is 4.79 Å². The number of benzene rings is 1.